The van der Waals surface area contributed by atoms with Gasteiger partial charge in [0.1, 0.15) is 5.75 Å². The highest BCUT2D eigenvalue weighted by Crippen LogP contribution is 2.44. The zero-order chi connectivity index (χ0) is 20.4. The predicted octanol–water partition coefficient (Wildman–Crippen LogP) is 5.37. The van der Waals surface area contributed by atoms with E-state index in [9.17, 15) is 10.1 Å². The molecule has 0 radical (unpaired) electrons. The second kappa shape index (κ2) is 8.60. The Balaban J connectivity index is 2.20. The van der Waals surface area contributed by atoms with E-state index in [-0.39, 0.29) is 11.8 Å². The average molecular weight is 395 g/mol. The zero-order valence-electron chi connectivity index (χ0n) is 17.7. The maximum atomic E-state index is 11.0. The number of nitro benzene ring substituents is 1. The first kappa shape index (κ1) is 21.7. The molecule has 0 aliphatic carbocycles. The van der Waals surface area contributed by atoms with E-state index >= 15 is 0 Å². The fraction of sp³-hybridized carbons (Fsp3) is 0.700. The van der Waals surface area contributed by atoms with Crippen molar-refractivity contribution in [3.8, 4) is 5.75 Å². The molecule has 2 rings (SSSR count). The van der Waals surface area contributed by atoms with E-state index in [4.69, 9.17) is 9.16 Å². The molecule has 0 saturated carbocycles. The Morgan fingerprint density at radius 3 is 2.22 bits per heavy atom. The van der Waals surface area contributed by atoms with E-state index in [1.807, 2.05) is 0 Å². The van der Waals surface area contributed by atoms with Crippen molar-refractivity contribution in [1.82, 2.24) is 0 Å². The molecule has 1 aromatic rings. The van der Waals surface area contributed by atoms with Gasteiger partial charge in [-0.15, -0.1) is 0 Å². The summed E-state index contributed by atoms with van der Waals surface area (Å²) < 4.78 is 12.3. The highest BCUT2D eigenvalue weighted by molar-refractivity contribution is 6.77. The van der Waals surface area contributed by atoms with Gasteiger partial charge < -0.3 is 14.1 Å². The number of hydrogen-bond donors (Lipinski definition) is 0. The van der Waals surface area contributed by atoms with Crippen molar-refractivity contribution in [2.75, 3.05) is 25.1 Å². The van der Waals surface area contributed by atoms with Crippen molar-refractivity contribution in [1.29, 1.82) is 0 Å². The van der Waals surface area contributed by atoms with Gasteiger partial charge in [-0.25, -0.2) is 0 Å². The first-order valence-corrected chi connectivity index (χ1v) is 12.0. The van der Waals surface area contributed by atoms with Crippen LogP contribution in [0.15, 0.2) is 18.2 Å². The Morgan fingerprint density at radius 1 is 1.15 bits per heavy atom. The minimum absolute atomic E-state index is 0.0495. The summed E-state index contributed by atoms with van der Waals surface area (Å²) in [7, 11) is -0.360. The molecule has 27 heavy (non-hydrogen) atoms. The molecule has 1 aliphatic heterocycles. The molecular formula is C20H34N2O4Si. The van der Waals surface area contributed by atoms with Crippen LogP contribution in [0.4, 0.5) is 11.4 Å². The molecule has 1 aliphatic rings. The van der Waals surface area contributed by atoms with Gasteiger partial charge in [0.05, 0.1) is 29.9 Å². The third-order valence-corrected chi connectivity index (χ3v) is 12.1. The van der Waals surface area contributed by atoms with Gasteiger partial charge in [-0.05, 0) is 29.1 Å². The van der Waals surface area contributed by atoms with Crippen LogP contribution < -0.4 is 9.64 Å². The van der Waals surface area contributed by atoms with Crippen LogP contribution in [0, 0.1) is 10.1 Å². The van der Waals surface area contributed by atoms with Gasteiger partial charge >= 0.3 is 0 Å². The Labute approximate surface area is 164 Å². The zero-order valence-corrected chi connectivity index (χ0v) is 18.7. The lowest BCUT2D eigenvalue weighted by Crippen LogP contribution is -2.50. The summed E-state index contributed by atoms with van der Waals surface area (Å²) >= 11 is 0. The van der Waals surface area contributed by atoms with E-state index in [0.717, 1.165) is 25.2 Å². The maximum absolute atomic E-state index is 11.0. The van der Waals surface area contributed by atoms with E-state index in [1.54, 1.807) is 19.2 Å². The molecule has 1 heterocycles. The van der Waals surface area contributed by atoms with Crippen molar-refractivity contribution in [3.63, 3.8) is 0 Å². The van der Waals surface area contributed by atoms with Crippen LogP contribution >= 0.6 is 0 Å². The number of benzene rings is 1. The molecule has 1 aromatic carbocycles. The number of anilines is 1. The van der Waals surface area contributed by atoms with Crippen LogP contribution in [-0.2, 0) is 4.43 Å². The van der Waals surface area contributed by atoms with Crippen LogP contribution in [0.3, 0.4) is 0 Å². The highest BCUT2D eigenvalue weighted by Gasteiger charge is 2.47. The van der Waals surface area contributed by atoms with E-state index in [0.29, 0.717) is 22.4 Å². The summed E-state index contributed by atoms with van der Waals surface area (Å²) in [5.41, 5.74) is 2.62. The molecular weight excluding hydrogens is 360 g/mol. The second-order valence-corrected chi connectivity index (χ2v) is 13.8. The quantitative estimate of drug-likeness (QED) is 0.337. The molecule has 1 saturated heterocycles. The van der Waals surface area contributed by atoms with Crippen LogP contribution in [0.2, 0.25) is 16.6 Å². The van der Waals surface area contributed by atoms with Gasteiger partial charge in [0.2, 0.25) is 8.32 Å². The van der Waals surface area contributed by atoms with Crippen LogP contribution in [0.1, 0.15) is 48.0 Å². The molecule has 0 N–H and O–H groups in total. The number of methoxy groups -OCH3 is 1. The third-order valence-electron chi connectivity index (χ3n) is 5.94. The molecule has 152 valence electrons. The number of nitro groups is 1. The minimum Gasteiger partial charge on any atom is -0.494 e. The summed E-state index contributed by atoms with van der Waals surface area (Å²) in [5, 5.41) is 11.0. The van der Waals surface area contributed by atoms with Crippen molar-refractivity contribution >= 4 is 19.7 Å². The molecule has 0 amide bonds. The topological polar surface area (TPSA) is 64.8 Å². The first-order valence-electron chi connectivity index (χ1n) is 9.88. The SMILES string of the molecule is COc1cc([N+](=O)[O-])ccc1N1CC[C@H](O[Si](C(C)C)(C(C)C)C(C)C)C1. The summed E-state index contributed by atoms with van der Waals surface area (Å²) in [6.45, 7) is 15.5. The Bertz CT molecular complexity index is 642. The van der Waals surface area contributed by atoms with Gasteiger partial charge in [0.25, 0.3) is 5.69 Å². The molecule has 0 bridgehead atoms. The summed E-state index contributed by atoms with van der Waals surface area (Å²) in [5.74, 6) is 0.546. The van der Waals surface area contributed by atoms with Gasteiger partial charge in [-0.3, -0.25) is 10.1 Å². The number of hydrogen-bond acceptors (Lipinski definition) is 5. The molecule has 0 spiro atoms. The standard InChI is InChI=1S/C20H34N2O4Si/c1-14(2)27(15(3)4,16(5)6)26-18-10-11-21(13-18)19-9-8-17(22(23)24)12-20(19)25-7/h8-9,12,14-16,18H,10-11,13H2,1-7H3/t18-/m0/s1. The van der Waals surface area contributed by atoms with Crippen LogP contribution in [0.5, 0.6) is 5.75 Å². The predicted molar refractivity (Wildman–Crippen MR) is 112 cm³/mol. The number of non-ortho nitro benzene ring substituents is 1. The monoisotopic (exact) mass is 394 g/mol. The third kappa shape index (κ3) is 4.29. The van der Waals surface area contributed by atoms with E-state index in [2.05, 4.69) is 46.4 Å². The lowest BCUT2D eigenvalue weighted by molar-refractivity contribution is -0.384. The molecule has 0 aromatic heterocycles. The van der Waals surface area contributed by atoms with Gasteiger partial charge in [0, 0.05) is 19.2 Å². The number of ether oxygens (including phenoxy) is 1. The fourth-order valence-corrected chi connectivity index (χ4v) is 10.4. The van der Waals surface area contributed by atoms with Crippen LogP contribution in [0.25, 0.3) is 0 Å². The fourth-order valence-electron chi connectivity index (χ4n) is 4.78. The van der Waals surface area contributed by atoms with E-state index in [1.165, 1.54) is 6.07 Å². The maximum Gasteiger partial charge on any atom is 0.273 e. The molecule has 1 atom stereocenters. The molecule has 0 unspecified atom stereocenters. The lowest BCUT2D eigenvalue weighted by Gasteiger charge is -2.44. The molecule has 6 nitrogen and oxygen atoms in total. The van der Waals surface area contributed by atoms with Gasteiger partial charge in [0.15, 0.2) is 0 Å². The Kier molecular flexibility index (Phi) is 6.91. The summed E-state index contributed by atoms with van der Waals surface area (Å²) in [4.78, 5) is 12.9. The second-order valence-electron chi connectivity index (χ2n) is 8.41. The summed E-state index contributed by atoms with van der Waals surface area (Å²) in [6.07, 6.45) is 1.17. The van der Waals surface area contributed by atoms with Crippen LogP contribution in [-0.4, -0.2) is 39.5 Å². The van der Waals surface area contributed by atoms with Gasteiger partial charge in [-0.1, -0.05) is 41.5 Å². The average Bonchev–Trinajstić information content (AvgIpc) is 3.06. The largest absolute Gasteiger partial charge is 0.494 e. The smallest absolute Gasteiger partial charge is 0.273 e. The summed E-state index contributed by atoms with van der Waals surface area (Å²) in [6, 6.07) is 4.83. The van der Waals surface area contributed by atoms with Crippen molar-refractivity contribution in [2.24, 2.45) is 0 Å². The van der Waals surface area contributed by atoms with E-state index < -0.39 is 13.2 Å². The molecule has 1 fully saturated rings. The minimum atomic E-state index is -1.92. The first-order chi connectivity index (χ1) is 12.6. The lowest BCUT2D eigenvalue weighted by atomic mass is 10.2. The number of rotatable bonds is 8. The van der Waals surface area contributed by atoms with Crippen molar-refractivity contribution in [2.45, 2.75) is 70.7 Å². The van der Waals surface area contributed by atoms with Crippen molar-refractivity contribution in [3.05, 3.63) is 28.3 Å². The normalized spacial score (nSPS) is 18.0. The molecule has 7 heteroatoms. The van der Waals surface area contributed by atoms with Gasteiger partial charge in [-0.2, -0.15) is 0 Å². The van der Waals surface area contributed by atoms with Crippen molar-refractivity contribution < 1.29 is 14.1 Å². The Morgan fingerprint density at radius 2 is 1.74 bits per heavy atom. The number of nitrogens with zero attached hydrogens (tertiary/aromatic N) is 2. The Hall–Kier alpha value is -1.60. The highest BCUT2D eigenvalue weighted by atomic mass is 28.4.